The van der Waals surface area contributed by atoms with Crippen LogP contribution in [-0.4, -0.2) is 45.3 Å². The monoisotopic (exact) mass is 212 g/mol. The SMILES string of the molecule is COCCNCCN(C)Cc1ccco1. The molecule has 0 bridgehead atoms. The second kappa shape index (κ2) is 7.45. The number of rotatable bonds is 8. The Morgan fingerprint density at radius 2 is 2.33 bits per heavy atom. The van der Waals surface area contributed by atoms with Crippen LogP contribution in [0.15, 0.2) is 22.8 Å². The topological polar surface area (TPSA) is 37.6 Å². The average molecular weight is 212 g/mol. The molecule has 0 aliphatic carbocycles. The van der Waals surface area contributed by atoms with Gasteiger partial charge in [0.05, 0.1) is 19.4 Å². The number of nitrogens with zero attached hydrogens (tertiary/aromatic N) is 1. The second-order valence-corrected chi connectivity index (χ2v) is 3.56. The van der Waals surface area contributed by atoms with Gasteiger partial charge >= 0.3 is 0 Å². The molecule has 86 valence electrons. The van der Waals surface area contributed by atoms with Crippen LogP contribution in [-0.2, 0) is 11.3 Å². The maximum Gasteiger partial charge on any atom is 0.117 e. The van der Waals surface area contributed by atoms with Gasteiger partial charge in [-0.3, -0.25) is 4.90 Å². The van der Waals surface area contributed by atoms with E-state index >= 15 is 0 Å². The first-order valence-electron chi connectivity index (χ1n) is 5.23. The highest BCUT2D eigenvalue weighted by Gasteiger charge is 2.01. The molecule has 15 heavy (non-hydrogen) atoms. The summed E-state index contributed by atoms with van der Waals surface area (Å²) in [5, 5.41) is 3.30. The Morgan fingerprint density at radius 1 is 1.47 bits per heavy atom. The maximum atomic E-state index is 5.27. The lowest BCUT2D eigenvalue weighted by atomic mass is 10.4. The summed E-state index contributed by atoms with van der Waals surface area (Å²) in [6.07, 6.45) is 1.71. The van der Waals surface area contributed by atoms with Crippen molar-refractivity contribution in [2.75, 3.05) is 40.4 Å². The highest BCUT2D eigenvalue weighted by Crippen LogP contribution is 2.02. The highest BCUT2D eigenvalue weighted by molar-refractivity contribution is 4.97. The Bertz CT molecular complexity index is 237. The lowest BCUT2D eigenvalue weighted by molar-refractivity contribution is 0.197. The molecule has 1 heterocycles. The van der Waals surface area contributed by atoms with Crippen LogP contribution in [0, 0.1) is 0 Å². The zero-order valence-corrected chi connectivity index (χ0v) is 9.53. The van der Waals surface area contributed by atoms with Crippen LogP contribution in [0.2, 0.25) is 0 Å². The Kier molecular flexibility index (Phi) is 6.08. The van der Waals surface area contributed by atoms with Crippen molar-refractivity contribution in [2.24, 2.45) is 0 Å². The van der Waals surface area contributed by atoms with Gasteiger partial charge < -0.3 is 14.5 Å². The lowest BCUT2D eigenvalue weighted by Crippen LogP contribution is -2.30. The minimum atomic E-state index is 0.766. The summed E-state index contributed by atoms with van der Waals surface area (Å²) in [5.74, 6) is 1.01. The zero-order chi connectivity index (χ0) is 10.9. The van der Waals surface area contributed by atoms with Gasteiger partial charge in [0.1, 0.15) is 5.76 Å². The van der Waals surface area contributed by atoms with Crippen molar-refractivity contribution in [2.45, 2.75) is 6.54 Å². The summed E-state index contributed by atoms with van der Waals surface area (Å²) in [7, 11) is 3.80. The normalized spacial score (nSPS) is 11.1. The minimum absolute atomic E-state index is 0.766. The van der Waals surface area contributed by atoms with Crippen molar-refractivity contribution in [1.82, 2.24) is 10.2 Å². The molecule has 0 saturated carbocycles. The van der Waals surface area contributed by atoms with Crippen LogP contribution in [0.1, 0.15) is 5.76 Å². The number of furan rings is 1. The van der Waals surface area contributed by atoms with Gasteiger partial charge in [-0.05, 0) is 19.2 Å². The third kappa shape index (κ3) is 5.57. The molecular weight excluding hydrogens is 192 g/mol. The number of nitrogens with one attached hydrogen (secondary N) is 1. The summed E-state index contributed by atoms with van der Waals surface area (Å²) in [4.78, 5) is 2.22. The Morgan fingerprint density at radius 3 is 3.00 bits per heavy atom. The molecule has 0 atom stereocenters. The van der Waals surface area contributed by atoms with Crippen LogP contribution in [0.5, 0.6) is 0 Å². The summed E-state index contributed by atoms with van der Waals surface area (Å²) >= 11 is 0. The van der Waals surface area contributed by atoms with E-state index in [4.69, 9.17) is 9.15 Å². The van der Waals surface area contributed by atoms with Gasteiger partial charge in [-0.2, -0.15) is 0 Å². The predicted molar refractivity (Wildman–Crippen MR) is 59.8 cm³/mol. The largest absolute Gasteiger partial charge is 0.468 e. The first-order chi connectivity index (χ1) is 7.33. The van der Waals surface area contributed by atoms with E-state index in [9.17, 15) is 0 Å². The van der Waals surface area contributed by atoms with Crippen LogP contribution in [0.25, 0.3) is 0 Å². The van der Waals surface area contributed by atoms with E-state index < -0.39 is 0 Å². The van der Waals surface area contributed by atoms with Crippen molar-refractivity contribution < 1.29 is 9.15 Å². The number of methoxy groups -OCH3 is 1. The van der Waals surface area contributed by atoms with Crippen LogP contribution in [0.4, 0.5) is 0 Å². The molecular formula is C11H20N2O2. The summed E-state index contributed by atoms with van der Waals surface area (Å²) in [6, 6.07) is 3.91. The van der Waals surface area contributed by atoms with E-state index in [1.807, 2.05) is 12.1 Å². The average Bonchev–Trinajstić information content (AvgIpc) is 2.70. The first kappa shape index (κ1) is 12.2. The van der Waals surface area contributed by atoms with Crippen LogP contribution >= 0.6 is 0 Å². The van der Waals surface area contributed by atoms with E-state index in [2.05, 4.69) is 17.3 Å². The summed E-state index contributed by atoms with van der Waals surface area (Å²) in [6.45, 7) is 4.51. The summed E-state index contributed by atoms with van der Waals surface area (Å²) < 4.78 is 10.2. The maximum absolute atomic E-state index is 5.27. The fourth-order valence-electron chi connectivity index (χ4n) is 1.32. The van der Waals surface area contributed by atoms with Gasteiger partial charge in [-0.25, -0.2) is 0 Å². The van der Waals surface area contributed by atoms with E-state index in [1.165, 1.54) is 0 Å². The minimum Gasteiger partial charge on any atom is -0.468 e. The van der Waals surface area contributed by atoms with Gasteiger partial charge in [0.15, 0.2) is 0 Å². The number of hydrogen-bond donors (Lipinski definition) is 1. The van der Waals surface area contributed by atoms with Gasteiger partial charge in [0.2, 0.25) is 0 Å². The standard InChI is InChI=1S/C11H20N2O2/c1-13(7-5-12-6-9-14-2)10-11-4-3-8-15-11/h3-4,8,12H,5-7,9-10H2,1-2H3. The molecule has 0 aromatic carbocycles. The Hall–Kier alpha value is -0.840. The van der Waals surface area contributed by atoms with Crippen molar-refractivity contribution >= 4 is 0 Å². The van der Waals surface area contributed by atoms with Crippen molar-refractivity contribution in [1.29, 1.82) is 0 Å². The van der Waals surface area contributed by atoms with E-state index in [0.29, 0.717) is 0 Å². The molecule has 4 nitrogen and oxygen atoms in total. The van der Waals surface area contributed by atoms with Crippen molar-refractivity contribution in [3.05, 3.63) is 24.2 Å². The van der Waals surface area contributed by atoms with Gasteiger partial charge in [-0.1, -0.05) is 0 Å². The van der Waals surface area contributed by atoms with Crippen molar-refractivity contribution in [3.63, 3.8) is 0 Å². The number of ether oxygens (including phenoxy) is 1. The van der Waals surface area contributed by atoms with E-state index in [-0.39, 0.29) is 0 Å². The van der Waals surface area contributed by atoms with Crippen LogP contribution in [0.3, 0.4) is 0 Å². The predicted octanol–water partition coefficient (Wildman–Crippen LogP) is 0.947. The first-order valence-corrected chi connectivity index (χ1v) is 5.23. The molecule has 0 unspecified atom stereocenters. The fraction of sp³-hybridized carbons (Fsp3) is 0.636. The molecule has 0 fully saturated rings. The molecule has 1 N–H and O–H groups in total. The molecule has 1 rings (SSSR count). The lowest BCUT2D eigenvalue weighted by Gasteiger charge is -2.15. The van der Waals surface area contributed by atoms with Crippen LogP contribution < -0.4 is 5.32 Å². The third-order valence-electron chi connectivity index (χ3n) is 2.16. The van der Waals surface area contributed by atoms with Gasteiger partial charge in [0, 0.05) is 26.7 Å². The highest BCUT2D eigenvalue weighted by atomic mass is 16.5. The van der Waals surface area contributed by atoms with E-state index in [0.717, 1.165) is 38.5 Å². The quantitative estimate of drug-likeness (QED) is 0.651. The fourth-order valence-corrected chi connectivity index (χ4v) is 1.32. The number of likely N-dealkylation sites (N-methyl/N-ethyl adjacent to an activating group) is 1. The Labute approximate surface area is 91.2 Å². The van der Waals surface area contributed by atoms with Crippen molar-refractivity contribution in [3.8, 4) is 0 Å². The van der Waals surface area contributed by atoms with E-state index in [1.54, 1.807) is 13.4 Å². The molecule has 0 spiro atoms. The van der Waals surface area contributed by atoms with Gasteiger partial charge in [0.25, 0.3) is 0 Å². The molecule has 1 aromatic rings. The second-order valence-electron chi connectivity index (χ2n) is 3.56. The molecule has 1 aromatic heterocycles. The molecule has 0 aliphatic rings. The van der Waals surface area contributed by atoms with Gasteiger partial charge in [-0.15, -0.1) is 0 Å². The smallest absolute Gasteiger partial charge is 0.117 e. The molecule has 4 heteroatoms. The Balaban J connectivity index is 2.01. The summed E-state index contributed by atoms with van der Waals surface area (Å²) in [5.41, 5.74) is 0. The zero-order valence-electron chi connectivity index (χ0n) is 9.53. The molecule has 0 aliphatic heterocycles. The number of hydrogen-bond acceptors (Lipinski definition) is 4. The molecule has 0 saturated heterocycles. The molecule has 0 amide bonds. The third-order valence-corrected chi connectivity index (χ3v) is 2.16. The molecule has 0 radical (unpaired) electrons.